The van der Waals surface area contributed by atoms with Crippen molar-refractivity contribution in [3.63, 3.8) is 0 Å². The summed E-state index contributed by atoms with van der Waals surface area (Å²) in [6.45, 7) is 0.860. The van der Waals surface area contributed by atoms with Crippen LogP contribution in [-0.4, -0.2) is 32.1 Å². The van der Waals surface area contributed by atoms with Gasteiger partial charge in [-0.25, -0.2) is 0 Å². The number of carbonyl (C=O) groups excluding carboxylic acids is 2. The zero-order chi connectivity index (χ0) is 24.4. The molecule has 0 aliphatic carbocycles. The first kappa shape index (κ1) is 22.6. The first-order valence-electron chi connectivity index (χ1n) is 11.1. The number of nitrogens with zero attached hydrogens (tertiary/aromatic N) is 3. The van der Waals surface area contributed by atoms with E-state index in [1.165, 1.54) is 17.0 Å². The van der Waals surface area contributed by atoms with Crippen LogP contribution < -0.4 is 0 Å². The standard InChI is InChI=1S/C27H21N3O4S/c31-26-25(35-27(32)29(26)15-14-19-6-2-1-3-7-19)16-21-18-28(24-9-5-4-8-23(21)24)17-20-10-12-22(13-11-20)30(33)34/h1-13,16,18H,14-15,17H2/b25-16-. The van der Waals surface area contributed by atoms with E-state index in [9.17, 15) is 19.7 Å². The predicted octanol–water partition coefficient (Wildman–Crippen LogP) is 5.88. The van der Waals surface area contributed by atoms with Gasteiger partial charge in [0.2, 0.25) is 0 Å². The number of thioether (sulfide) groups is 1. The largest absolute Gasteiger partial charge is 0.342 e. The Bertz CT molecular complexity index is 1460. The highest BCUT2D eigenvalue weighted by molar-refractivity contribution is 8.18. The van der Waals surface area contributed by atoms with E-state index < -0.39 is 4.92 Å². The topological polar surface area (TPSA) is 85.5 Å². The molecular weight excluding hydrogens is 462 g/mol. The van der Waals surface area contributed by atoms with Crippen LogP contribution >= 0.6 is 11.8 Å². The monoisotopic (exact) mass is 483 g/mol. The Kier molecular flexibility index (Phi) is 6.20. The minimum Gasteiger partial charge on any atom is -0.342 e. The highest BCUT2D eigenvalue weighted by atomic mass is 32.2. The van der Waals surface area contributed by atoms with E-state index in [1.807, 2.05) is 65.4 Å². The maximum absolute atomic E-state index is 13.0. The summed E-state index contributed by atoms with van der Waals surface area (Å²) < 4.78 is 2.04. The molecule has 0 unspecified atom stereocenters. The molecule has 0 radical (unpaired) electrons. The number of aromatic nitrogens is 1. The summed E-state index contributed by atoms with van der Waals surface area (Å²) >= 11 is 0.963. The molecule has 0 N–H and O–H groups in total. The van der Waals surface area contributed by atoms with Crippen molar-refractivity contribution in [2.75, 3.05) is 6.54 Å². The van der Waals surface area contributed by atoms with E-state index in [0.717, 1.165) is 39.4 Å². The van der Waals surface area contributed by atoms with E-state index in [1.54, 1.807) is 18.2 Å². The highest BCUT2D eigenvalue weighted by Crippen LogP contribution is 2.34. The predicted molar refractivity (Wildman–Crippen MR) is 137 cm³/mol. The van der Waals surface area contributed by atoms with Crippen LogP contribution in [0.4, 0.5) is 10.5 Å². The number of nitro benzene ring substituents is 1. The Morgan fingerprint density at radius 3 is 2.34 bits per heavy atom. The minimum absolute atomic E-state index is 0.0507. The van der Waals surface area contributed by atoms with Crippen molar-refractivity contribution in [2.45, 2.75) is 13.0 Å². The van der Waals surface area contributed by atoms with Crippen molar-refractivity contribution in [1.82, 2.24) is 9.47 Å². The lowest BCUT2D eigenvalue weighted by Gasteiger charge is -2.12. The summed E-state index contributed by atoms with van der Waals surface area (Å²) in [5.74, 6) is -0.275. The van der Waals surface area contributed by atoms with Crippen molar-refractivity contribution in [1.29, 1.82) is 0 Å². The number of carbonyl (C=O) groups is 2. The Morgan fingerprint density at radius 2 is 1.60 bits per heavy atom. The zero-order valence-corrected chi connectivity index (χ0v) is 19.5. The molecule has 0 atom stereocenters. The van der Waals surface area contributed by atoms with Crippen LogP contribution in [0.1, 0.15) is 16.7 Å². The number of hydrogen-bond acceptors (Lipinski definition) is 5. The molecule has 7 nitrogen and oxygen atoms in total. The van der Waals surface area contributed by atoms with Crippen LogP contribution in [-0.2, 0) is 17.8 Å². The molecule has 0 saturated carbocycles. The van der Waals surface area contributed by atoms with Crippen LogP contribution in [0.25, 0.3) is 17.0 Å². The summed E-state index contributed by atoms with van der Waals surface area (Å²) in [6, 6.07) is 24.1. The van der Waals surface area contributed by atoms with E-state index >= 15 is 0 Å². The zero-order valence-electron chi connectivity index (χ0n) is 18.7. The summed E-state index contributed by atoms with van der Waals surface area (Å²) in [6.07, 6.45) is 4.34. The molecule has 35 heavy (non-hydrogen) atoms. The Morgan fingerprint density at radius 1 is 0.886 bits per heavy atom. The second-order valence-electron chi connectivity index (χ2n) is 8.22. The van der Waals surface area contributed by atoms with Crippen LogP contribution in [0.3, 0.4) is 0 Å². The smallest absolute Gasteiger partial charge is 0.293 e. The number of rotatable bonds is 7. The second-order valence-corrected chi connectivity index (χ2v) is 9.22. The molecule has 174 valence electrons. The SMILES string of the molecule is O=C1S/C(=C\c2cn(Cc3ccc([N+](=O)[O-])cc3)c3ccccc23)C(=O)N1CCc1ccccc1. The summed E-state index contributed by atoms with van der Waals surface area (Å²) in [4.78, 5) is 37.8. The van der Waals surface area contributed by atoms with Gasteiger partial charge in [-0.05, 0) is 41.5 Å². The minimum atomic E-state index is -0.417. The molecule has 3 aromatic carbocycles. The van der Waals surface area contributed by atoms with Crippen molar-refractivity contribution in [3.05, 3.63) is 117 Å². The van der Waals surface area contributed by atoms with Crippen molar-refractivity contribution < 1.29 is 14.5 Å². The number of para-hydroxylation sites is 1. The third-order valence-electron chi connectivity index (χ3n) is 5.95. The van der Waals surface area contributed by atoms with Gasteiger partial charge in [0, 0.05) is 47.9 Å². The van der Waals surface area contributed by atoms with Crippen LogP contribution in [0, 0.1) is 10.1 Å². The average molecular weight is 484 g/mol. The van der Waals surface area contributed by atoms with Gasteiger partial charge in [0.15, 0.2) is 0 Å². The molecule has 0 bridgehead atoms. The normalized spacial score (nSPS) is 14.9. The summed E-state index contributed by atoms with van der Waals surface area (Å²) in [5.41, 5.74) is 3.86. The number of non-ortho nitro benzene ring substituents is 1. The van der Waals surface area contributed by atoms with Gasteiger partial charge in [-0.3, -0.25) is 24.6 Å². The van der Waals surface area contributed by atoms with Gasteiger partial charge in [-0.1, -0.05) is 60.7 Å². The fourth-order valence-corrected chi connectivity index (χ4v) is 5.02. The van der Waals surface area contributed by atoms with Crippen molar-refractivity contribution in [2.24, 2.45) is 0 Å². The molecule has 2 amide bonds. The summed E-state index contributed by atoms with van der Waals surface area (Å²) in [5, 5.41) is 11.6. The van der Waals surface area contributed by atoms with Gasteiger partial charge in [-0.15, -0.1) is 0 Å². The molecule has 1 fully saturated rings. The number of benzene rings is 3. The fraction of sp³-hybridized carbons (Fsp3) is 0.111. The lowest BCUT2D eigenvalue weighted by atomic mass is 10.1. The molecular formula is C27H21N3O4S. The molecule has 0 spiro atoms. The lowest BCUT2D eigenvalue weighted by molar-refractivity contribution is -0.384. The van der Waals surface area contributed by atoms with Gasteiger partial charge < -0.3 is 4.57 Å². The number of hydrogen-bond donors (Lipinski definition) is 0. The van der Waals surface area contributed by atoms with E-state index in [2.05, 4.69) is 0 Å². The molecule has 8 heteroatoms. The number of nitro groups is 1. The van der Waals surface area contributed by atoms with Gasteiger partial charge in [0.05, 0.1) is 9.83 Å². The third kappa shape index (κ3) is 4.74. The number of amides is 2. The third-order valence-corrected chi connectivity index (χ3v) is 6.85. The first-order chi connectivity index (χ1) is 17.0. The first-order valence-corrected chi connectivity index (χ1v) is 11.9. The van der Waals surface area contributed by atoms with E-state index in [4.69, 9.17) is 0 Å². The van der Waals surface area contributed by atoms with Gasteiger partial charge in [0.1, 0.15) is 0 Å². The van der Waals surface area contributed by atoms with Crippen LogP contribution in [0.15, 0.2) is 90.0 Å². The highest BCUT2D eigenvalue weighted by Gasteiger charge is 2.34. The van der Waals surface area contributed by atoms with Gasteiger partial charge in [0.25, 0.3) is 16.8 Å². The summed E-state index contributed by atoms with van der Waals surface area (Å²) in [7, 11) is 0. The van der Waals surface area contributed by atoms with E-state index in [0.29, 0.717) is 24.4 Å². The molecule has 4 aromatic rings. The molecule has 1 aliphatic rings. The number of imide groups is 1. The maximum Gasteiger partial charge on any atom is 0.293 e. The molecule has 1 aliphatic heterocycles. The molecule has 1 saturated heterocycles. The average Bonchev–Trinajstić information content (AvgIpc) is 3.35. The van der Waals surface area contributed by atoms with Crippen LogP contribution in [0.2, 0.25) is 0 Å². The lowest BCUT2D eigenvalue weighted by Crippen LogP contribution is -2.30. The van der Waals surface area contributed by atoms with Gasteiger partial charge in [-0.2, -0.15) is 0 Å². The van der Waals surface area contributed by atoms with Crippen LogP contribution in [0.5, 0.6) is 0 Å². The van der Waals surface area contributed by atoms with Gasteiger partial charge >= 0.3 is 0 Å². The fourth-order valence-electron chi connectivity index (χ4n) is 4.16. The van der Waals surface area contributed by atoms with E-state index in [-0.39, 0.29) is 16.8 Å². The number of fused-ring (bicyclic) bond motifs is 1. The van der Waals surface area contributed by atoms with Crippen molar-refractivity contribution >= 4 is 45.6 Å². The maximum atomic E-state index is 13.0. The quantitative estimate of drug-likeness (QED) is 0.186. The molecule has 5 rings (SSSR count). The Hall–Kier alpha value is -4.17. The van der Waals surface area contributed by atoms with Crippen molar-refractivity contribution in [3.8, 4) is 0 Å². The Labute approximate surface area is 205 Å². The second kappa shape index (κ2) is 9.60. The molecule has 1 aromatic heterocycles. The molecule has 2 heterocycles. The Balaban J connectivity index is 1.40.